The van der Waals surface area contributed by atoms with Crippen molar-refractivity contribution in [1.29, 1.82) is 5.26 Å². The Morgan fingerprint density at radius 3 is 2.93 bits per heavy atom. The minimum Gasteiger partial charge on any atom is -0.481 e. The highest BCUT2D eigenvalue weighted by Crippen LogP contribution is 2.14. The third-order valence-electron chi connectivity index (χ3n) is 1.70. The highest BCUT2D eigenvalue weighted by molar-refractivity contribution is 5.91. The van der Waals surface area contributed by atoms with Crippen LogP contribution in [0.15, 0.2) is 12.3 Å². The number of methoxy groups -OCH3 is 1. The molecular weight excluding hydrogens is 196 g/mol. The van der Waals surface area contributed by atoms with E-state index in [-0.39, 0.29) is 17.7 Å². The Morgan fingerprint density at radius 1 is 1.67 bits per heavy atom. The topological polar surface area (TPSA) is 72.2 Å². The van der Waals surface area contributed by atoms with Crippen LogP contribution in [0, 0.1) is 11.3 Å². The number of ether oxygens (including phenoxy) is 2. The van der Waals surface area contributed by atoms with Gasteiger partial charge in [0.1, 0.15) is 6.07 Å². The molecule has 5 heteroatoms. The maximum atomic E-state index is 11.4. The molecule has 1 heterocycles. The predicted octanol–water partition coefficient (Wildman–Crippen LogP) is 1.14. The lowest BCUT2D eigenvalue weighted by molar-refractivity contribution is 0.0525. The van der Waals surface area contributed by atoms with Crippen molar-refractivity contribution in [3.63, 3.8) is 0 Å². The lowest BCUT2D eigenvalue weighted by atomic mass is 10.1. The van der Waals surface area contributed by atoms with Crippen molar-refractivity contribution in [1.82, 2.24) is 4.98 Å². The molecule has 0 fully saturated rings. The summed E-state index contributed by atoms with van der Waals surface area (Å²) in [6.45, 7) is 1.95. The molecule has 1 aromatic rings. The first-order valence-corrected chi connectivity index (χ1v) is 4.34. The van der Waals surface area contributed by atoms with Gasteiger partial charge >= 0.3 is 5.97 Å². The molecule has 78 valence electrons. The third kappa shape index (κ3) is 2.44. The minimum absolute atomic E-state index is 0.153. The Hall–Kier alpha value is -2.09. The molecule has 0 bridgehead atoms. The second kappa shape index (κ2) is 4.96. The van der Waals surface area contributed by atoms with E-state index < -0.39 is 5.97 Å². The lowest BCUT2D eigenvalue weighted by Crippen LogP contribution is -2.08. The lowest BCUT2D eigenvalue weighted by Gasteiger charge is -2.04. The van der Waals surface area contributed by atoms with E-state index in [1.165, 1.54) is 19.4 Å². The normalized spacial score (nSPS) is 9.13. The summed E-state index contributed by atoms with van der Waals surface area (Å²) in [7, 11) is 1.44. The van der Waals surface area contributed by atoms with Gasteiger partial charge < -0.3 is 9.47 Å². The minimum atomic E-state index is -0.552. The predicted molar refractivity (Wildman–Crippen MR) is 51.5 cm³/mol. The number of esters is 1. The number of aromatic nitrogens is 1. The molecule has 1 aromatic heterocycles. The van der Waals surface area contributed by atoms with Crippen LogP contribution in [0.25, 0.3) is 0 Å². The molecule has 5 nitrogen and oxygen atoms in total. The summed E-state index contributed by atoms with van der Waals surface area (Å²) in [5, 5.41) is 8.81. The van der Waals surface area contributed by atoms with Gasteiger partial charge in [0, 0.05) is 12.3 Å². The molecule has 0 saturated carbocycles. The molecule has 0 atom stereocenters. The van der Waals surface area contributed by atoms with Crippen LogP contribution in [0.2, 0.25) is 0 Å². The number of pyridine rings is 1. The number of hydrogen-bond acceptors (Lipinski definition) is 5. The number of hydrogen-bond donors (Lipinski definition) is 0. The van der Waals surface area contributed by atoms with Gasteiger partial charge in [-0.1, -0.05) is 0 Å². The van der Waals surface area contributed by atoms with Gasteiger partial charge in [0.25, 0.3) is 0 Å². The van der Waals surface area contributed by atoms with Crippen molar-refractivity contribution in [2.75, 3.05) is 13.7 Å². The molecule has 0 amide bonds. The third-order valence-corrected chi connectivity index (χ3v) is 1.70. The Morgan fingerprint density at radius 2 is 2.40 bits per heavy atom. The fourth-order valence-corrected chi connectivity index (χ4v) is 1.01. The van der Waals surface area contributed by atoms with Crippen molar-refractivity contribution in [3.8, 4) is 11.9 Å². The van der Waals surface area contributed by atoms with Crippen LogP contribution in [-0.4, -0.2) is 24.7 Å². The summed E-state index contributed by atoms with van der Waals surface area (Å²) in [5.41, 5.74) is 0.348. The zero-order valence-corrected chi connectivity index (χ0v) is 8.48. The van der Waals surface area contributed by atoms with E-state index in [2.05, 4.69) is 4.98 Å². The molecule has 0 spiro atoms. The molecule has 15 heavy (non-hydrogen) atoms. The number of carbonyl (C=O) groups excluding carboxylic acids is 1. The van der Waals surface area contributed by atoms with E-state index in [4.69, 9.17) is 14.7 Å². The first kappa shape index (κ1) is 11.0. The van der Waals surface area contributed by atoms with Crippen molar-refractivity contribution < 1.29 is 14.3 Å². The monoisotopic (exact) mass is 206 g/mol. The van der Waals surface area contributed by atoms with E-state index >= 15 is 0 Å². The van der Waals surface area contributed by atoms with Crippen molar-refractivity contribution >= 4 is 5.97 Å². The van der Waals surface area contributed by atoms with Gasteiger partial charge in [-0.25, -0.2) is 9.78 Å². The molecule has 0 N–H and O–H groups in total. The molecule has 0 aliphatic rings. The van der Waals surface area contributed by atoms with Gasteiger partial charge in [-0.3, -0.25) is 0 Å². The molecule has 1 rings (SSSR count). The zero-order chi connectivity index (χ0) is 11.3. The first-order chi connectivity index (χ1) is 7.22. The van der Waals surface area contributed by atoms with Crippen molar-refractivity contribution in [3.05, 3.63) is 23.4 Å². The van der Waals surface area contributed by atoms with Crippen LogP contribution in [-0.2, 0) is 4.74 Å². The van der Waals surface area contributed by atoms with E-state index in [1.807, 2.05) is 6.07 Å². The van der Waals surface area contributed by atoms with Crippen LogP contribution in [0.3, 0.4) is 0 Å². The second-order valence-electron chi connectivity index (χ2n) is 2.60. The zero-order valence-electron chi connectivity index (χ0n) is 8.48. The van der Waals surface area contributed by atoms with Gasteiger partial charge in [0.2, 0.25) is 5.88 Å². The number of nitriles is 1. The number of carbonyl (C=O) groups is 1. The molecular formula is C10H10N2O3. The van der Waals surface area contributed by atoms with Crippen LogP contribution < -0.4 is 4.74 Å². The van der Waals surface area contributed by atoms with E-state index in [9.17, 15) is 4.79 Å². The maximum absolute atomic E-state index is 11.4. The molecule has 0 saturated heterocycles. The average molecular weight is 206 g/mol. The summed E-state index contributed by atoms with van der Waals surface area (Å²) in [6.07, 6.45) is 1.27. The Bertz CT molecular complexity index is 410. The quantitative estimate of drug-likeness (QED) is 0.693. The summed E-state index contributed by atoms with van der Waals surface area (Å²) < 4.78 is 9.61. The highest BCUT2D eigenvalue weighted by atomic mass is 16.5. The Labute approximate surface area is 87.3 Å². The number of rotatable bonds is 3. The van der Waals surface area contributed by atoms with E-state index in [1.54, 1.807) is 6.92 Å². The summed E-state index contributed by atoms with van der Waals surface area (Å²) in [5.74, 6) is -0.260. The van der Waals surface area contributed by atoms with Gasteiger partial charge in [0.15, 0.2) is 0 Å². The van der Waals surface area contributed by atoms with Gasteiger partial charge in [-0.05, 0) is 6.92 Å². The van der Waals surface area contributed by atoms with Gasteiger partial charge in [0.05, 0.1) is 24.8 Å². The van der Waals surface area contributed by atoms with Crippen LogP contribution in [0.5, 0.6) is 5.88 Å². The van der Waals surface area contributed by atoms with Crippen LogP contribution in [0.4, 0.5) is 0 Å². The highest BCUT2D eigenvalue weighted by Gasteiger charge is 2.13. The van der Waals surface area contributed by atoms with E-state index in [0.717, 1.165) is 0 Å². The average Bonchev–Trinajstić information content (AvgIpc) is 2.28. The van der Waals surface area contributed by atoms with E-state index in [0.29, 0.717) is 5.88 Å². The first-order valence-electron chi connectivity index (χ1n) is 4.34. The number of nitrogens with zero attached hydrogens (tertiary/aromatic N) is 2. The molecule has 0 aromatic carbocycles. The maximum Gasteiger partial charge on any atom is 0.341 e. The van der Waals surface area contributed by atoms with Crippen LogP contribution >= 0.6 is 0 Å². The summed E-state index contributed by atoms with van der Waals surface area (Å²) in [4.78, 5) is 15.2. The fourth-order valence-electron chi connectivity index (χ4n) is 1.01. The SMILES string of the molecule is CCOC(=O)c1cnc(OC)cc1C#N. The second-order valence-corrected chi connectivity index (χ2v) is 2.60. The fraction of sp³-hybridized carbons (Fsp3) is 0.300. The van der Waals surface area contributed by atoms with Gasteiger partial charge in [-0.2, -0.15) is 5.26 Å². The largest absolute Gasteiger partial charge is 0.481 e. The summed E-state index contributed by atoms with van der Waals surface area (Å²) in [6, 6.07) is 3.28. The Balaban J connectivity index is 3.09. The molecule has 0 unspecified atom stereocenters. The Kier molecular flexibility index (Phi) is 3.63. The summed E-state index contributed by atoms with van der Waals surface area (Å²) >= 11 is 0. The molecule has 0 aliphatic heterocycles. The molecule has 0 aliphatic carbocycles. The molecule has 0 radical (unpaired) electrons. The standard InChI is InChI=1S/C10H10N2O3/c1-3-15-10(13)8-6-12-9(14-2)4-7(8)5-11/h4,6H,3H2,1-2H3. The van der Waals surface area contributed by atoms with Crippen molar-refractivity contribution in [2.45, 2.75) is 6.92 Å². The smallest absolute Gasteiger partial charge is 0.341 e. The van der Waals surface area contributed by atoms with Crippen LogP contribution in [0.1, 0.15) is 22.8 Å². The van der Waals surface area contributed by atoms with Gasteiger partial charge in [-0.15, -0.1) is 0 Å². The van der Waals surface area contributed by atoms with Crippen molar-refractivity contribution in [2.24, 2.45) is 0 Å².